The highest BCUT2D eigenvalue weighted by atomic mass is 79.9. The Bertz CT molecular complexity index is 461. The normalized spacial score (nSPS) is 18.8. The highest BCUT2D eigenvalue weighted by molar-refractivity contribution is 9.10. The summed E-state index contributed by atoms with van der Waals surface area (Å²) in [5.74, 6) is 0.0595. The van der Waals surface area contributed by atoms with Crippen molar-refractivity contribution >= 4 is 21.8 Å². The van der Waals surface area contributed by atoms with E-state index in [2.05, 4.69) is 15.9 Å². The molecule has 3 nitrogen and oxygen atoms in total. The van der Waals surface area contributed by atoms with Gasteiger partial charge in [-0.3, -0.25) is 4.79 Å². The van der Waals surface area contributed by atoms with Crippen molar-refractivity contribution in [2.24, 2.45) is 0 Å². The Morgan fingerprint density at radius 3 is 2.61 bits per heavy atom. The Hall–Kier alpha value is -0.870. The predicted octanol–water partition coefficient (Wildman–Crippen LogP) is 2.74. The van der Waals surface area contributed by atoms with Gasteiger partial charge in [-0.05, 0) is 44.4 Å². The quantitative estimate of drug-likeness (QED) is 0.866. The minimum absolute atomic E-state index is 0.0595. The zero-order valence-corrected chi connectivity index (χ0v) is 12.3. The molecule has 2 rings (SSSR count). The third kappa shape index (κ3) is 2.93. The van der Waals surface area contributed by atoms with Gasteiger partial charge in [-0.2, -0.15) is 0 Å². The maximum absolute atomic E-state index is 12.4. The summed E-state index contributed by atoms with van der Waals surface area (Å²) in [5, 5.41) is 9.90. The molecule has 1 amide bonds. The van der Waals surface area contributed by atoms with Crippen LogP contribution in [0.5, 0.6) is 0 Å². The van der Waals surface area contributed by atoms with E-state index in [1.54, 1.807) is 0 Å². The van der Waals surface area contributed by atoms with Crippen LogP contribution in [-0.2, 0) is 0 Å². The molecule has 1 aliphatic rings. The lowest BCUT2D eigenvalue weighted by Crippen LogP contribution is -2.45. The number of carbonyl (C=O) groups is 1. The van der Waals surface area contributed by atoms with Crippen molar-refractivity contribution in [2.45, 2.75) is 32.3 Å². The van der Waals surface area contributed by atoms with E-state index in [0.717, 1.165) is 15.6 Å². The summed E-state index contributed by atoms with van der Waals surface area (Å²) in [6.07, 6.45) is 1.29. The van der Waals surface area contributed by atoms with E-state index in [1.807, 2.05) is 36.9 Å². The van der Waals surface area contributed by atoms with Crippen LogP contribution in [-0.4, -0.2) is 34.6 Å². The molecule has 1 aliphatic heterocycles. The number of piperidine rings is 1. The Labute approximate surface area is 116 Å². The monoisotopic (exact) mass is 311 g/mol. The summed E-state index contributed by atoms with van der Waals surface area (Å²) in [6.45, 7) is 5.02. The van der Waals surface area contributed by atoms with Gasteiger partial charge in [-0.15, -0.1) is 0 Å². The maximum Gasteiger partial charge on any atom is 0.254 e. The first-order valence-corrected chi connectivity index (χ1v) is 6.96. The van der Waals surface area contributed by atoms with Crippen LogP contribution in [0.25, 0.3) is 0 Å². The fourth-order valence-electron chi connectivity index (χ4n) is 2.19. The van der Waals surface area contributed by atoms with E-state index in [4.69, 9.17) is 0 Å². The molecule has 0 aliphatic carbocycles. The molecule has 0 radical (unpaired) electrons. The summed E-state index contributed by atoms with van der Waals surface area (Å²) in [7, 11) is 0. The average molecular weight is 312 g/mol. The maximum atomic E-state index is 12.4. The first-order chi connectivity index (χ1) is 8.39. The lowest BCUT2D eigenvalue weighted by Gasteiger charge is -2.36. The standard InChI is InChI=1S/C14H18BrNO2/c1-10-3-4-11(15)9-12(10)13(17)16-7-5-14(2,18)6-8-16/h3-4,9,18H,5-8H2,1-2H3. The minimum atomic E-state index is -0.622. The molecule has 0 unspecified atom stereocenters. The Morgan fingerprint density at radius 1 is 1.39 bits per heavy atom. The molecule has 1 fully saturated rings. The number of carbonyl (C=O) groups excluding carboxylic acids is 1. The summed E-state index contributed by atoms with van der Waals surface area (Å²) in [5.41, 5.74) is 1.11. The molecule has 1 aromatic carbocycles. The zero-order chi connectivity index (χ0) is 13.3. The van der Waals surface area contributed by atoms with Crippen LogP contribution in [0.4, 0.5) is 0 Å². The molecule has 1 N–H and O–H groups in total. The minimum Gasteiger partial charge on any atom is -0.390 e. The van der Waals surface area contributed by atoms with Crippen molar-refractivity contribution in [1.82, 2.24) is 4.90 Å². The molecule has 1 saturated heterocycles. The van der Waals surface area contributed by atoms with E-state index in [1.165, 1.54) is 0 Å². The molecule has 98 valence electrons. The van der Waals surface area contributed by atoms with Gasteiger partial charge in [0.05, 0.1) is 5.60 Å². The molecular weight excluding hydrogens is 294 g/mol. The van der Waals surface area contributed by atoms with Gasteiger partial charge >= 0.3 is 0 Å². The van der Waals surface area contributed by atoms with Gasteiger partial charge in [0.1, 0.15) is 0 Å². The zero-order valence-electron chi connectivity index (χ0n) is 10.7. The van der Waals surface area contributed by atoms with Crippen molar-refractivity contribution < 1.29 is 9.90 Å². The number of aliphatic hydroxyl groups is 1. The third-order valence-corrected chi connectivity index (χ3v) is 4.05. The number of likely N-dealkylation sites (tertiary alicyclic amines) is 1. The topological polar surface area (TPSA) is 40.5 Å². The van der Waals surface area contributed by atoms with E-state index in [-0.39, 0.29) is 5.91 Å². The second-order valence-corrected chi connectivity index (χ2v) is 6.16. The first-order valence-electron chi connectivity index (χ1n) is 6.17. The molecule has 1 heterocycles. The van der Waals surface area contributed by atoms with Gasteiger partial charge in [0.15, 0.2) is 0 Å². The van der Waals surface area contributed by atoms with Gasteiger partial charge in [-0.25, -0.2) is 0 Å². The summed E-state index contributed by atoms with van der Waals surface area (Å²) in [6, 6.07) is 5.74. The van der Waals surface area contributed by atoms with Crippen molar-refractivity contribution in [2.75, 3.05) is 13.1 Å². The van der Waals surface area contributed by atoms with Crippen LogP contribution in [0.3, 0.4) is 0 Å². The van der Waals surface area contributed by atoms with Crippen LogP contribution in [0.2, 0.25) is 0 Å². The number of halogens is 1. The summed E-state index contributed by atoms with van der Waals surface area (Å²) in [4.78, 5) is 14.2. The number of benzene rings is 1. The number of rotatable bonds is 1. The summed E-state index contributed by atoms with van der Waals surface area (Å²) < 4.78 is 0.917. The van der Waals surface area contributed by atoms with Crippen molar-refractivity contribution in [3.63, 3.8) is 0 Å². The smallest absolute Gasteiger partial charge is 0.254 e. The van der Waals surface area contributed by atoms with Gasteiger partial charge in [0, 0.05) is 23.1 Å². The lowest BCUT2D eigenvalue weighted by molar-refractivity contribution is -0.00204. The highest BCUT2D eigenvalue weighted by Gasteiger charge is 2.30. The molecule has 0 saturated carbocycles. The van der Waals surface area contributed by atoms with E-state index >= 15 is 0 Å². The fraction of sp³-hybridized carbons (Fsp3) is 0.500. The van der Waals surface area contributed by atoms with Crippen LogP contribution < -0.4 is 0 Å². The SMILES string of the molecule is Cc1ccc(Br)cc1C(=O)N1CCC(C)(O)CC1. The molecule has 4 heteroatoms. The third-order valence-electron chi connectivity index (χ3n) is 3.56. The largest absolute Gasteiger partial charge is 0.390 e. The van der Waals surface area contributed by atoms with Crippen LogP contribution >= 0.6 is 15.9 Å². The highest BCUT2D eigenvalue weighted by Crippen LogP contribution is 2.24. The Balaban J connectivity index is 2.15. The molecule has 0 spiro atoms. The molecule has 0 aromatic heterocycles. The van der Waals surface area contributed by atoms with Crippen molar-refractivity contribution in [1.29, 1.82) is 0 Å². The van der Waals surface area contributed by atoms with Crippen molar-refractivity contribution in [3.05, 3.63) is 33.8 Å². The van der Waals surface area contributed by atoms with Gasteiger partial charge in [0.25, 0.3) is 5.91 Å². The molecule has 1 aromatic rings. The Morgan fingerprint density at radius 2 is 2.00 bits per heavy atom. The summed E-state index contributed by atoms with van der Waals surface area (Å²) >= 11 is 3.40. The number of hydrogen-bond acceptors (Lipinski definition) is 2. The number of nitrogens with zero attached hydrogens (tertiary/aromatic N) is 1. The second kappa shape index (κ2) is 5.02. The molecule has 0 bridgehead atoms. The van der Waals surface area contributed by atoms with Crippen LogP contribution in [0, 0.1) is 6.92 Å². The van der Waals surface area contributed by atoms with E-state index < -0.39 is 5.60 Å². The number of hydrogen-bond donors (Lipinski definition) is 1. The number of amides is 1. The molecule has 18 heavy (non-hydrogen) atoms. The molecule has 0 atom stereocenters. The molecular formula is C14H18BrNO2. The van der Waals surface area contributed by atoms with E-state index in [9.17, 15) is 9.90 Å². The first kappa shape index (κ1) is 13.6. The Kier molecular flexibility index (Phi) is 3.78. The fourth-order valence-corrected chi connectivity index (χ4v) is 2.55. The second-order valence-electron chi connectivity index (χ2n) is 5.25. The lowest BCUT2D eigenvalue weighted by atomic mass is 9.93. The van der Waals surface area contributed by atoms with Crippen LogP contribution in [0.1, 0.15) is 35.7 Å². The van der Waals surface area contributed by atoms with E-state index in [0.29, 0.717) is 25.9 Å². The van der Waals surface area contributed by atoms with Gasteiger partial charge < -0.3 is 10.0 Å². The predicted molar refractivity (Wildman–Crippen MR) is 74.6 cm³/mol. The van der Waals surface area contributed by atoms with Gasteiger partial charge in [-0.1, -0.05) is 22.0 Å². The van der Waals surface area contributed by atoms with Gasteiger partial charge in [0.2, 0.25) is 0 Å². The van der Waals surface area contributed by atoms with Crippen molar-refractivity contribution in [3.8, 4) is 0 Å². The van der Waals surface area contributed by atoms with Crippen LogP contribution in [0.15, 0.2) is 22.7 Å². The number of aryl methyl sites for hydroxylation is 1. The average Bonchev–Trinajstić information content (AvgIpc) is 2.31.